The van der Waals surface area contributed by atoms with Crippen LogP contribution in [0, 0.1) is 0 Å². The van der Waals surface area contributed by atoms with E-state index in [9.17, 15) is 4.79 Å². The maximum absolute atomic E-state index is 9.58. The Hall–Kier alpha value is -1.19. The van der Waals surface area contributed by atoms with E-state index in [1.807, 2.05) is 48.7 Å². The maximum atomic E-state index is 9.58. The van der Waals surface area contributed by atoms with Crippen LogP contribution < -0.4 is 0 Å². The summed E-state index contributed by atoms with van der Waals surface area (Å²) in [7, 11) is 0. The molecule has 2 aromatic carbocycles. The first-order chi connectivity index (χ1) is 8.29. The molecule has 0 atom stereocenters. The van der Waals surface area contributed by atoms with Crippen LogP contribution in [0.25, 0.3) is 0 Å². The quantitative estimate of drug-likeness (QED) is 0.777. The highest BCUT2D eigenvalue weighted by Crippen LogP contribution is 2.27. The lowest BCUT2D eigenvalue weighted by molar-refractivity contribution is 0.689. The minimum Gasteiger partial charge on any atom is -0.267 e. The van der Waals surface area contributed by atoms with E-state index in [4.69, 9.17) is 0 Å². The summed E-state index contributed by atoms with van der Waals surface area (Å²) in [6.07, 6.45) is 1.86. The van der Waals surface area contributed by atoms with Crippen LogP contribution in [0.15, 0.2) is 64.4 Å². The Morgan fingerprint density at radius 3 is 2.06 bits per heavy atom. The molecule has 0 fully saturated rings. The lowest BCUT2D eigenvalue weighted by Gasteiger charge is -2.01. The SMILES string of the molecule is CSC(=[OH+])c1ccc(Sc2ccccc2)cc1. The Morgan fingerprint density at radius 2 is 1.47 bits per heavy atom. The first kappa shape index (κ1) is 12.3. The molecule has 0 unspecified atom stereocenters. The third-order valence-corrected chi connectivity index (χ3v) is 3.91. The van der Waals surface area contributed by atoms with E-state index < -0.39 is 0 Å². The molecular weight excluding hydrogens is 248 g/mol. The highest BCUT2D eigenvalue weighted by molar-refractivity contribution is 8.13. The number of hydrogen-bond donors (Lipinski definition) is 0. The van der Waals surface area contributed by atoms with Crippen LogP contribution in [0.5, 0.6) is 0 Å². The van der Waals surface area contributed by atoms with E-state index >= 15 is 0 Å². The Kier molecular flexibility index (Phi) is 4.29. The monoisotopic (exact) mass is 261 g/mol. The van der Waals surface area contributed by atoms with Crippen molar-refractivity contribution in [2.24, 2.45) is 0 Å². The number of carbonyl (C=O) groups excluding carboxylic acids is 1. The van der Waals surface area contributed by atoms with Crippen LogP contribution in [0.4, 0.5) is 0 Å². The minimum absolute atomic E-state index is 0.362. The molecule has 0 saturated carbocycles. The van der Waals surface area contributed by atoms with E-state index in [1.165, 1.54) is 21.6 Å². The van der Waals surface area contributed by atoms with E-state index in [0.29, 0.717) is 5.12 Å². The Bertz CT molecular complexity index is 491. The van der Waals surface area contributed by atoms with Crippen LogP contribution in [0.2, 0.25) is 0 Å². The first-order valence-electron chi connectivity index (χ1n) is 5.23. The second-order valence-electron chi connectivity index (χ2n) is 3.45. The minimum atomic E-state index is 0.362. The zero-order chi connectivity index (χ0) is 12.1. The molecule has 0 radical (unpaired) electrons. The zero-order valence-electron chi connectivity index (χ0n) is 9.46. The second kappa shape index (κ2) is 5.94. The molecule has 0 aliphatic rings. The topological polar surface area (TPSA) is 21.4 Å². The van der Waals surface area contributed by atoms with Crippen molar-refractivity contribution >= 4 is 28.6 Å². The van der Waals surface area contributed by atoms with Gasteiger partial charge in [-0.15, -0.1) is 0 Å². The van der Waals surface area contributed by atoms with Crippen molar-refractivity contribution < 1.29 is 4.79 Å². The Labute approximate surface area is 110 Å². The molecule has 0 saturated heterocycles. The van der Waals surface area contributed by atoms with Crippen molar-refractivity contribution in [3.63, 3.8) is 0 Å². The maximum Gasteiger partial charge on any atom is 0.382 e. The van der Waals surface area contributed by atoms with Gasteiger partial charge in [-0.1, -0.05) is 30.0 Å². The fraction of sp³-hybridized carbons (Fsp3) is 0.0714. The fourth-order valence-electron chi connectivity index (χ4n) is 1.41. The van der Waals surface area contributed by atoms with Crippen LogP contribution in [-0.2, 0) is 0 Å². The van der Waals surface area contributed by atoms with Crippen molar-refractivity contribution in [1.29, 1.82) is 0 Å². The van der Waals surface area contributed by atoms with Gasteiger partial charge in [0.05, 0.1) is 5.56 Å². The zero-order valence-corrected chi connectivity index (χ0v) is 11.1. The van der Waals surface area contributed by atoms with Crippen LogP contribution in [-0.4, -0.2) is 16.2 Å². The average Bonchev–Trinajstić information content (AvgIpc) is 2.40. The summed E-state index contributed by atoms with van der Waals surface area (Å²) in [4.78, 5) is 12.0. The molecule has 3 heteroatoms. The standard InChI is InChI=1S/C14H12OS2/c1-16-14(15)11-7-9-13(10-8-11)17-12-5-3-2-4-6-12/h2-10H,1H3/p+1. The van der Waals surface area contributed by atoms with Gasteiger partial charge in [0.15, 0.2) is 0 Å². The third-order valence-electron chi connectivity index (χ3n) is 2.27. The van der Waals surface area contributed by atoms with Crippen molar-refractivity contribution in [2.45, 2.75) is 9.79 Å². The van der Waals surface area contributed by atoms with E-state index in [2.05, 4.69) is 12.1 Å². The summed E-state index contributed by atoms with van der Waals surface area (Å²) >= 11 is 3.07. The predicted molar refractivity (Wildman–Crippen MR) is 76.6 cm³/mol. The number of rotatable bonds is 3. The summed E-state index contributed by atoms with van der Waals surface area (Å²) in [5, 5.41) is 0.362. The summed E-state index contributed by atoms with van der Waals surface area (Å²) in [5.41, 5.74) is 0.870. The molecule has 0 heterocycles. The summed E-state index contributed by atoms with van der Waals surface area (Å²) in [6.45, 7) is 0. The first-order valence-corrected chi connectivity index (χ1v) is 7.27. The largest absolute Gasteiger partial charge is 0.382 e. The van der Waals surface area contributed by atoms with Crippen molar-refractivity contribution in [1.82, 2.24) is 0 Å². The number of thioether (sulfide) groups is 1. The van der Waals surface area contributed by atoms with Gasteiger partial charge in [0, 0.05) is 9.79 Å². The van der Waals surface area contributed by atoms with Crippen molar-refractivity contribution in [3.8, 4) is 0 Å². The lowest BCUT2D eigenvalue weighted by atomic mass is 10.2. The fourth-order valence-corrected chi connectivity index (χ4v) is 2.62. The molecular formula is C14H13OS2+. The van der Waals surface area contributed by atoms with Crippen molar-refractivity contribution in [3.05, 3.63) is 60.2 Å². The Balaban J connectivity index is 2.11. The highest BCUT2D eigenvalue weighted by atomic mass is 32.2. The number of hydrogen-bond acceptors (Lipinski definition) is 2. The molecule has 0 aromatic heterocycles. The molecule has 1 N–H and O–H groups in total. The molecule has 0 aliphatic carbocycles. The van der Waals surface area contributed by atoms with Gasteiger partial charge < -0.3 is 0 Å². The molecule has 0 amide bonds. The molecule has 2 aromatic rings. The van der Waals surface area contributed by atoms with Gasteiger partial charge in [-0.25, -0.2) is 0 Å². The third kappa shape index (κ3) is 3.38. The van der Waals surface area contributed by atoms with Gasteiger partial charge in [-0.2, -0.15) is 0 Å². The van der Waals surface area contributed by atoms with Gasteiger partial charge in [-0.05, 0) is 54.4 Å². The molecule has 0 spiro atoms. The molecule has 2 rings (SSSR count). The Morgan fingerprint density at radius 1 is 0.882 bits per heavy atom. The van der Waals surface area contributed by atoms with Gasteiger partial charge >= 0.3 is 5.12 Å². The molecule has 86 valence electrons. The van der Waals surface area contributed by atoms with Crippen LogP contribution in [0.3, 0.4) is 0 Å². The summed E-state index contributed by atoms with van der Waals surface area (Å²) in [6, 6.07) is 18.2. The van der Waals surface area contributed by atoms with E-state index in [-0.39, 0.29) is 0 Å². The molecule has 1 nitrogen and oxygen atoms in total. The molecule has 0 bridgehead atoms. The smallest absolute Gasteiger partial charge is 0.267 e. The highest BCUT2D eigenvalue weighted by Gasteiger charge is 2.09. The molecule has 17 heavy (non-hydrogen) atoms. The van der Waals surface area contributed by atoms with Crippen LogP contribution >= 0.6 is 23.5 Å². The van der Waals surface area contributed by atoms with E-state index in [1.54, 1.807) is 11.8 Å². The van der Waals surface area contributed by atoms with Crippen LogP contribution in [0.1, 0.15) is 5.56 Å². The van der Waals surface area contributed by atoms with Crippen molar-refractivity contribution in [2.75, 3.05) is 6.26 Å². The van der Waals surface area contributed by atoms with Gasteiger partial charge in [0.25, 0.3) is 0 Å². The van der Waals surface area contributed by atoms with Gasteiger partial charge in [0.2, 0.25) is 0 Å². The van der Waals surface area contributed by atoms with Gasteiger partial charge in [0.1, 0.15) is 0 Å². The van der Waals surface area contributed by atoms with E-state index in [0.717, 1.165) is 5.56 Å². The molecule has 0 aliphatic heterocycles. The summed E-state index contributed by atoms with van der Waals surface area (Å²) in [5.74, 6) is 0. The summed E-state index contributed by atoms with van der Waals surface area (Å²) < 4.78 is 0. The lowest BCUT2D eigenvalue weighted by Crippen LogP contribution is -1.92. The number of benzene rings is 2. The normalized spacial score (nSPS) is 10.2. The average molecular weight is 261 g/mol. The second-order valence-corrected chi connectivity index (χ2v) is 5.39. The van der Waals surface area contributed by atoms with Gasteiger partial charge in [-0.3, -0.25) is 4.79 Å². The predicted octanol–water partition coefficient (Wildman–Crippen LogP) is 4.05.